The van der Waals surface area contributed by atoms with Crippen LogP contribution in [0.3, 0.4) is 0 Å². The van der Waals surface area contributed by atoms with E-state index in [9.17, 15) is 8.78 Å². The van der Waals surface area contributed by atoms with Crippen LogP contribution in [-0.4, -0.2) is 0 Å². The summed E-state index contributed by atoms with van der Waals surface area (Å²) in [7, 11) is 0. The zero-order valence-electron chi connectivity index (χ0n) is 9.09. The molecule has 2 aromatic rings. The second-order valence-electron chi connectivity index (χ2n) is 3.60. The molecule has 0 N–H and O–H groups in total. The van der Waals surface area contributed by atoms with E-state index in [1.165, 1.54) is 18.2 Å². The first-order valence-corrected chi connectivity index (χ1v) is 6.66. The van der Waals surface area contributed by atoms with Gasteiger partial charge in [-0.05, 0) is 30.3 Å². The predicted octanol–water partition coefficient (Wildman–Crippen LogP) is 5.07. The molecule has 94 valence electrons. The molecular weight excluding hydrogens is 370 g/mol. The summed E-state index contributed by atoms with van der Waals surface area (Å²) in [4.78, 5) is 0. The van der Waals surface area contributed by atoms with Crippen molar-refractivity contribution < 1.29 is 13.5 Å². The van der Waals surface area contributed by atoms with Gasteiger partial charge in [-0.3, -0.25) is 0 Å². The zero-order chi connectivity index (χ0) is 13.1. The van der Waals surface area contributed by atoms with Gasteiger partial charge in [0.15, 0.2) is 11.6 Å². The maximum Gasteiger partial charge on any atom is 0.166 e. The molecular formula is C13H8Br2F2O. The molecule has 0 aliphatic heterocycles. The van der Waals surface area contributed by atoms with Gasteiger partial charge in [0.1, 0.15) is 12.4 Å². The smallest absolute Gasteiger partial charge is 0.166 e. The first kappa shape index (κ1) is 13.5. The molecule has 0 saturated carbocycles. The minimum Gasteiger partial charge on any atom is -0.486 e. The van der Waals surface area contributed by atoms with Gasteiger partial charge in [-0.2, -0.15) is 0 Å². The highest BCUT2D eigenvalue weighted by Crippen LogP contribution is 2.23. The van der Waals surface area contributed by atoms with Gasteiger partial charge >= 0.3 is 0 Å². The summed E-state index contributed by atoms with van der Waals surface area (Å²) in [5.74, 6) is -0.774. The van der Waals surface area contributed by atoms with Crippen molar-refractivity contribution in [1.29, 1.82) is 0 Å². The van der Waals surface area contributed by atoms with Crippen molar-refractivity contribution in [2.75, 3.05) is 0 Å². The van der Waals surface area contributed by atoms with Crippen LogP contribution in [0.25, 0.3) is 0 Å². The Morgan fingerprint density at radius 3 is 2.11 bits per heavy atom. The molecule has 0 bridgehead atoms. The average molecular weight is 378 g/mol. The van der Waals surface area contributed by atoms with Crippen LogP contribution in [0.4, 0.5) is 8.78 Å². The first-order valence-electron chi connectivity index (χ1n) is 5.08. The van der Waals surface area contributed by atoms with E-state index < -0.39 is 5.82 Å². The van der Waals surface area contributed by atoms with Gasteiger partial charge in [0, 0.05) is 14.5 Å². The van der Waals surface area contributed by atoms with E-state index in [2.05, 4.69) is 31.9 Å². The number of hydrogen-bond acceptors (Lipinski definition) is 1. The Labute approximate surface area is 120 Å². The van der Waals surface area contributed by atoms with Crippen LogP contribution in [0.5, 0.6) is 5.75 Å². The Bertz CT molecular complexity index is 521. The molecule has 0 fully saturated rings. The first-order chi connectivity index (χ1) is 8.56. The molecule has 0 spiro atoms. The van der Waals surface area contributed by atoms with Gasteiger partial charge in [0.25, 0.3) is 0 Å². The highest BCUT2D eigenvalue weighted by molar-refractivity contribution is 9.10. The van der Waals surface area contributed by atoms with Gasteiger partial charge < -0.3 is 4.74 Å². The van der Waals surface area contributed by atoms with Crippen molar-refractivity contribution in [2.24, 2.45) is 0 Å². The number of ether oxygens (including phenoxy) is 1. The Hall–Kier alpha value is -0.940. The highest BCUT2D eigenvalue weighted by Gasteiger charge is 2.07. The van der Waals surface area contributed by atoms with Gasteiger partial charge in [-0.15, -0.1) is 0 Å². The zero-order valence-corrected chi connectivity index (χ0v) is 12.3. The molecule has 1 nitrogen and oxygen atoms in total. The van der Waals surface area contributed by atoms with E-state index in [1.807, 2.05) is 0 Å². The lowest BCUT2D eigenvalue weighted by atomic mass is 10.2. The van der Waals surface area contributed by atoms with E-state index in [0.717, 1.165) is 0 Å². The van der Waals surface area contributed by atoms with Crippen molar-refractivity contribution in [3.8, 4) is 5.75 Å². The van der Waals surface area contributed by atoms with Crippen LogP contribution in [-0.2, 0) is 6.61 Å². The molecule has 5 heteroatoms. The second-order valence-corrected chi connectivity index (χ2v) is 5.43. The summed E-state index contributed by atoms with van der Waals surface area (Å²) in [5, 5.41) is 0. The summed E-state index contributed by atoms with van der Waals surface area (Å²) in [5.41, 5.74) is 0.375. The van der Waals surface area contributed by atoms with Crippen LogP contribution < -0.4 is 4.74 Å². The summed E-state index contributed by atoms with van der Waals surface area (Å²) < 4.78 is 33.5. The van der Waals surface area contributed by atoms with Crippen molar-refractivity contribution in [2.45, 2.75) is 6.61 Å². The third-order valence-corrected chi connectivity index (χ3v) is 3.28. The fraction of sp³-hybridized carbons (Fsp3) is 0.0769. The SMILES string of the molecule is Fc1cc(Br)ccc1COc1ccc(Br)cc1F. The molecule has 0 amide bonds. The third-order valence-electron chi connectivity index (χ3n) is 2.29. The molecule has 2 rings (SSSR count). The quantitative estimate of drug-likeness (QED) is 0.725. The molecule has 0 atom stereocenters. The molecule has 18 heavy (non-hydrogen) atoms. The molecule has 0 aliphatic carbocycles. The fourth-order valence-electron chi connectivity index (χ4n) is 1.39. The lowest BCUT2D eigenvalue weighted by molar-refractivity contribution is 0.284. The maximum atomic E-state index is 13.5. The summed E-state index contributed by atoms with van der Waals surface area (Å²) in [6.07, 6.45) is 0. The van der Waals surface area contributed by atoms with Crippen molar-refractivity contribution in [3.05, 3.63) is 62.5 Å². The molecule has 0 aliphatic rings. The molecule has 0 aromatic heterocycles. The summed E-state index contributed by atoms with van der Waals surface area (Å²) >= 11 is 6.32. The van der Waals surface area contributed by atoms with Gasteiger partial charge in [0.2, 0.25) is 0 Å². The minimum absolute atomic E-state index is 0.0162. The number of benzene rings is 2. The Kier molecular flexibility index (Phi) is 4.35. The number of halogens is 4. The Morgan fingerprint density at radius 1 is 0.889 bits per heavy atom. The largest absolute Gasteiger partial charge is 0.486 e. The third kappa shape index (κ3) is 3.29. The molecule has 2 aromatic carbocycles. The number of hydrogen-bond donors (Lipinski definition) is 0. The Balaban J connectivity index is 2.11. The van der Waals surface area contributed by atoms with Crippen LogP contribution in [0.1, 0.15) is 5.56 Å². The average Bonchev–Trinajstić information content (AvgIpc) is 2.30. The van der Waals surface area contributed by atoms with Crippen molar-refractivity contribution >= 4 is 31.9 Å². The minimum atomic E-state index is -0.484. The molecule has 0 unspecified atom stereocenters. The predicted molar refractivity (Wildman–Crippen MR) is 72.5 cm³/mol. The monoisotopic (exact) mass is 376 g/mol. The lowest BCUT2D eigenvalue weighted by Crippen LogP contribution is -2.00. The summed E-state index contributed by atoms with van der Waals surface area (Å²) in [6, 6.07) is 9.10. The molecule has 0 heterocycles. The van der Waals surface area contributed by atoms with Crippen LogP contribution in [0.2, 0.25) is 0 Å². The Morgan fingerprint density at radius 2 is 1.50 bits per heavy atom. The maximum absolute atomic E-state index is 13.5. The van der Waals surface area contributed by atoms with E-state index in [-0.39, 0.29) is 18.2 Å². The lowest BCUT2D eigenvalue weighted by Gasteiger charge is -2.08. The van der Waals surface area contributed by atoms with Gasteiger partial charge in [0.05, 0.1) is 0 Å². The molecule has 0 radical (unpaired) electrons. The van der Waals surface area contributed by atoms with E-state index in [4.69, 9.17) is 4.74 Å². The van der Waals surface area contributed by atoms with Crippen molar-refractivity contribution in [3.63, 3.8) is 0 Å². The fourth-order valence-corrected chi connectivity index (χ4v) is 2.05. The molecule has 0 saturated heterocycles. The van der Waals surface area contributed by atoms with Gasteiger partial charge in [-0.1, -0.05) is 37.9 Å². The van der Waals surface area contributed by atoms with Crippen LogP contribution in [0, 0.1) is 11.6 Å². The van der Waals surface area contributed by atoms with Gasteiger partial charge in [-0.25, -0.2) is 8.78 Å². The van der Waals surface area contributed by atoms with Crippen LogP contribution in [0.15, 0.2) is 45.3 Å². The van der Waals surface area contributed by atoms with E-state index in [0.29, 0.717) is 14.5 Å². The van der Waals surface area contributed by atoms with Crippen LogP contribution >= 0.6 is 31.9 Å². The standard InChI is InChI=1S/C13H8Br2F2O/c14-9-2-1-8(11(16)5-9)7-18-13-4-3-10(15)6-12(13)17/h1-6H,7H2. The second kappa shape index (κ2) is 5.80. The number of rotatable bonds is 3. The normalized spacial score (nSPS) is 10.4. The van der Waals surface area contributed by atoms with Crippen molar-refractivity contribution in [1.82, 2.24) is 0 Å². The van der Waals surface area contributed by atoms with E-state index >= 15 is 0 Å². The summed E-state index contributed by atoms with van der Waals surface area (Å²) in [6.45, 7) is -0.0162. The highest BCUT2D eigenvalue weighted by atomic mass is 79.9. The van der Waals surface area contributed by atoms with E-state index in [1.54, 1.807) is 18.2 Å². The topological polar surface area (TPSA) is 9.23 Å².